The fourth-order valence-corrected chi connectivity index (χ4v) is 7.23. The van der Waals surface area contributed by atoms with Crippen LogP contribution >= 0.6 is 0 Å². The fourth-order valence-electron chi connectivity index (χ4n) is 7.23. The molecule has 5 rings (SSSR count). The van der Waals surface area contributed by atoms with Crippen LogP contribution in [0.5, 0.6) is 11.5 Å². The Morgan fingerprint density at radius 2 is 1.57 bits per heavy atom. The molecule has 1 heterocycles. The van der Waals surface area contributed by atoms with Crippen molar-refractivity contribution in [3.05, 3.63) is 53.3 Å². The zero-order chi connectivity index (χ0) is 34.6. The first-order valence-corrected chi connectivity index (χ1v) is 15.3. The van der Waals surface area contributed by atoms with E-state index in [4.69, 9.17) is 19.4 Å². The van der Waals surface area contributed by atoms with Crippen molar-refractivity contribution in [1.29, 1.82) is 0 Å². The lowest BCUT2D eigenvalue weighted by molar-refractivity contribution is -0.192. The first-order chi connectivity index (χ1) is 22.1. The molecule has 8 nitrogen and oxygen atoms in total. The van der Waals surface area contributed by atoms with Crippen LogP contribution in [0.25, 0.3) is 0 Å². The molecule has 2 saturated carbocycles. The molecule has 0 radical (unpaired) electrons. The molecule has 0 aromatic heterocycles. The summed E-state index contributed by atoms with van der Waals surface area (Å²) < 4.78 is 96.0. The minimum absolute atomic E-state index is 0.101. The minimum atomic E-state index is -5.08. The summed E-state index contributed by atoms with van der Waals surface area (Å²) in [6, 6.07) is 8.10. The van der Waals surface area contributed by atoms with E-state index in [1.165, 1.54) is 24.8 Å². The average Bonchev–Trinajstić information content (AvgIpc) is 3.40. The van der Waals surface area contributed by atoms with Gasteiger partial charge < -0.3 is 25.2 Å². The second kappa shape index (κ2) is 14.6. The Morgan fingerprint density at radius 1 is 0.915 bits per heavy atom. The zero-order valence-corrected chi connectivity index (χ0v) is 25.9. The fraction of sp³-hybridized carbons (Fsp3) is 0.562. The lowest BCUT2D eigenvalue weighted by Gasteiger charge is -2.47. The molecule has 3 atom stereocenters. The van der Waals surface area contributed by atoms with Crippen molar-refractivity contribution in [2.24, 2.45) is 0 Å². The number of rotatable bonds is 6. The highest BCUT2D eigenvalue weighted by Gasteiger charge is 2.53. The van der Waals surface area contributed by atoms with Crippen LogP contribution in [0.3, 0.4) is 0 Å². The summed E-state index contributed by atoms with van der Waals surface area (Å²) in [5.41, 5.74) is -0.273. The molecule has 3 fully saturated rings. The number of urea groups is 1. The lowest BCUT2D eigenvalue weighted by Crippen LogP contribution is -2.55. The van der Waals surface area contributed by atoms with Crippen molar-refractivity contribution < 1.29 is 54.9 Å². The normalized spacial score (nSPS) is 23.6. The minimum Gasteiger partial charge on any atom is -0.493 e. The number of alkyl halides is 6. The van der Waals surface area contributed by atoms with Crippen molar-refractivity contribution in [2.75, 3.05) is 26.1 Å². The predicted molar refractivity (Wildman–Crippen MR) is 158 cm³/mol. The Hall–Kier alpha value is -3.75. The third kappa shape index (κ3) is 8.59. The summed E-state index contributed by atoms with van der Waals surface area (Å²) in [6.45, 7) is 0.978. The standard InChI is InChI=1S/C30H37F4N3O3.C2HF3O2/c1-39-25-9-8-19(16-26(25)40-2)29-11-10-22(18-27(29)37(13-12-29)24-6-4-3-5-7-24)35-28(38)36-23-15-20(30(32,33)34)14-21(31)17-23;3-2(4,5)1(6)7/h8-9,14-17,22,24,27H,3-7,10-13,18H2,1-2H3,(H2,35,36,38);(H,6,7)/t22-,27+,29+;/m1./s1. The number of hydrogen-bond donors (Lipinski definition) is 3. The summed E-state index contributed by atoms with van der Waals surface area (Å²) in [4.78, 5) is 24.4. The van der Waals surface area contributed by atoms with Gasteiger partial charge in [-0.3, -0.25) is 4.90 Å². The molecule has 2 aliphatic carbocycles. The number of likely N-dealkylation sites (tertiary alicyclic amines) is 1. The maximum Gasteiger partial charge on any atom is 0.490 e. The maximum absolute atomic E-state index is 13.8. The maximum atomic E-state index is 13.8. The number of fused-ring (bicyclic) bond motifs is 1. The van der Waals surface area contributed by atoms with E-state index in [-0.39, 0.29) is 23.2 Å². The number of nitrogens with one attached hydrogen (secondary N) is 2. The number of methoxy groups -OCH3 is 2. The van der Waals surface area contributed by atoms with Gasteiger partial charge in [0.25, 0.3) is 0 Å². The van der Waals surface area contributed by atoms with Gasteiger partial charge in [-0.1, -0.05) is 25.3 Å². The van der Waals surface area contributed by atoms with Gasteiger partial charge >= 0.3 is 24.4 Å². The molecule has 2 aromatic carbocycles. The van der Waals surface area contributed by atoms with Gasteiger partial charge in [0.05, 0.1) is 19.8 Å². The number of nitrogens with zero attached hydrogens (tertiary/aromatic N) is 1. The van der Waals surface area contributed by atoms with Crippen molar-refractivity contribution in [1.82, 2.24) is 10.2 Å². The number of carbonyl (C=O) groups is 2. The van der Waals surface area contributed by atoms with E-state index in [1.807, 2.05) is 6.07 Å². The van der Waals surface area contributed by atoms with Crippen LogP contribution < -0.4 is 20.1 Å². The quantitative estimate of drug-likeness (QED) is 0.274. The second-order valence-electron chi connectivity index (χ2n) is 12.1. The van der Waals surface area contributed by atoms with E-state index in [0.717, 1.165) is 50.8 Å². The Kier molecular flexibility index (Phi) is 11.2. The van der Waals surface area contributed by atoms with Crippen LogP contribution in [-0.2, 0) is 16.4 Å². The van der Waals surface area contributed by atoms with E-state index >= 15 is 0 Å². The molecule has 3 N–H and O–H groups in total. The number of aliphatic carboxylic acids is 1. The summed E-state index contributed by atoms with van der Waals surface area (Å²) >= 11 is 0. The van der Waals surface area contributed by atoms with Crippen molar-refractivity contribution >= 4 is 17.7 Å². The van der Waals surface area contributed by atoms with E-state index in [9.17, 15) is 35.5 Å². The summed E-state index contributed by atoms with van der Waals surface area (Å²) in [7, 11) is 3.25. The highest BCUT2D eigenvalue weighted by atomic mass is 19.4. The number of halogens is 7. The van der Waals surface area contributed by atoms with Gasteiger partial charge in [-0.05, 0) is 81.0 Å². The first-order valence-electron chi connectivity index (χ1n) is 15.3. The van der Waals surface area contributed by atoms with Gasteiger partial charge in [0.2, 0.25) is 0 Å². The highest BCUT2D eigenvalue weighted by molar-refractivity contribution is 5.89. The molecule has 0 spiro atoms. The largest absolute Gasteiger partial charge is 0.493 e. The van der Waals surface area contributed by atoms with Gasteiger partial charge in [-0.2, -0.15) is 26.3 Å². The number of carboxylic acids is 1. The molecule has 1 aliphatic heterocycles. The molecule has 0 unspecified atom stereocenters. The molecule has 2 amide bonds. The van der Waals surface area contributed by atoms with Crippen LogP contribution in [0.2, 0.25) is 0 Å². The molecular formula is C32H38F7N3O5. The molecule has 0 bridgehead atoms. The number of carboxylic acid groups (broad SMARTS) is 1. The Balaban J connectivity index is 0.000000644. The smallest absolute Gasteiger partial charge is 0.490 e. The average molecular weight is 678 g/mol. The molecule has 2 aromatic rings. The molecule has 260 valence electrons. The van der Waals surface area contributed by atoms with Gasteiger partial charge in [-0.15, -0.1) is 0 Å². The number of anilines is 1. The number of hydrogen-bond acceptors (Lipinski definition) is 5. The highest BCUT2D eigenvalue weighted by Crippen LogP contribution is 2.52. The number of ether oxygens (including phenoxy) is 2. The van der Waals surface area contributed by atoms with Crippen molar-refractivity contribution in [3.63, 3.8) is 0 Å². The van der Waals surface area contributed by atoms with Crippen molar-refractivity contribution in [3.8, 4) is 11.5 Å². The molecule has 47 heavy (non-hydrogen) atoms. The molecule has 3 aliphatic rings. The zero-order valence-electron chi connectivity index (χ0n) is 25.9. The number of carbonyl (C=O) groups excluding carboxylic acids is 1. The van der Waals surface area contributed by atoms with Crippen molar-refractivity contribution in [2.45, 2.75) is 93.7 Å². The van der Waals surface area contributed by atoms with Gasteiger partial charge in [0.15, 0.2) is 11.5 Å². The van der Waals surface area contributed by atoms with Crippen LogP contribution in [0.15, 0.2) is 36.4 Å². The summed E-state index contributed by atoms with van der Waals surface area (Å²) in [6.07, 6.45) is -0.484. The Labute approximate surface area is 267 Å². The summed E-state index contributed by atoms with van der Waals surface area (Å²) in [5.74, 6) is -2.44. The second-order valence-corrected chi connectivity index (χ2v) is 12.1. The van der Waals surface area contributed by atoms with E-state index in [2.05, 4.69) is 27.7 Å². The third-order valence-electron chi connectivity index (χ3n) is 9.36. The van der Waals surface area contributed by atoms with E-state index in [1.54, 1.807) is 14.2 Å². The third-order valence-corrected chi connectivity index (χ3v) is 9.36. The van der Waals surface area contributed by atoms with Gasteiger partial charge in [-0.25, -0.2) is 14.0 Å². The van der Waals surface area contributed by atoms with E-state index in [0.29, 0.717) is 30.0 Å². The number of amides is 2. The number of benzene rings is 2. The van der Waals surface area contributed by atoms with Crippen LogP contribution in [0.1, 0.15) is 68.9 Å². The molecule has 1 saturated heterocycles. The van der Waals surface area contributed by atoms with Crippen LogP contribution in [0, 0.1) is 5.82 Å². The molecular weight excluding hydrogens is 639 g/mol. The van der Waals surface area contributed by atoms with Gasteiger partial charge in [0.1, 0.15) is 5.82 Å². The molecule has 15 heteroatoms. The Bertz CT molecular complexity index is 1410. The topological polar surface area (TPSA) is 100 Å². The Morgan fingerprint density at radius 3 is 2.17 bits per heavy atom. The van der Waals surface area contributed by atoms with Crippen LogP contribution in [-0.4, -0.2) is 67.1 Å². The van der Waals surface area contributed by atoms with E-state index < -0.39 is 35.7 Å². The summed E-state index contributed by atoms with van der Waals surface area (Å²) in [5, 5.41) is 12.5. The van der Waals surface area contributed by atoms with Gasteiger partial charge in [0, 0.05) is 29.2 Å². The predicted octanol–water partition coefficient (Wildman–Crippen LogP) is 7.51. The van der Waals surface area contributed by atoms with Crippen LogP contribution in [0.4, 0.5) is 41.2 Å². The first kappa shape index (κ1) is 36.1. The lowest BCUT2D eigenvalue weighted by atomic mass is 9.64. The SMILES string of the molecule is COc1ccc([C@@]23CC[C@@H](NC(=O)Nc4cc(F)cc(C(F)(F)F)c4)C[C@@H]2N(C2CCCCC2)CC3)cc1OC.O=C(O)C(F)(F)F. The monoisotopic (exact) mass is 677 g/mol.